The quantitative estimate of drug-likeness (QED) is 0.461. The van der Waals surface area contributed by atoms with Gasteiger partial charge in [-0.05, 0) is 30.7 Å². The zero-order valence-electron chi connectivity index (χ0n) is 16.6. The highest BCUT2D eigenvalue weighted by Crippen LogP contribution is 2.33. The minimum absolute atomic E-state index is 0.0809. The van der Waals surface area contributed by atoms with Gasteiger partial charge in [0.15, 0.2) is 12.4 Å². The number of carbonyl (C=O) groups is 3. The van der Waals surface area contributed by atoms with Gasteiger partial charge < -0.3 is 15.4 Å². The Bertz CT molecular complexity index is 1320. The summed E-state index contributed by atoms with van der Waals surface area (Å²) in [5.41, 5.74) is 6.18. The van der Waals surface area contributed by atoms with Gasteiger partial charge in [-0.1, -0.05) is 6.08 Å². The number of aryl methyl sites for hydroxylation is 1. The molecule has 9 nitrogen and oxygen atoms in total. The number of ether oxygens (including phenoxy) is 1. The van der Waals surface area contributed by atoms with E-state index in [1.165, 1.54) is 15.8 Å². The lowest BCUT2D eigenvalue weighted by molar-refractivity contribution is -0.121. The molecule has 1 aliphatic heterocycles. The number of amides is 2. The van der Waals surface area contributed by atoms with Crippen molar-refractivity contribution in [1.29, 1.82) is 0 Å². The van der Waals surface area contributed by atoms with E-state index in [9.17, 15) is 19.2 Å². The van der Waals surface area contributed by atoms with Gasteiger partial charge in [-0.3, -0.25) is 23.7 Å². The first-order chi connectivity index (χ1) is 14.8. The molecule has 0 bridgehead atoms. The highest BCUT2D eigenvalue weighted by molar-refractivity contribution is 7.20. The van der Waals surface area contributed by atoms with Crippen LogP contribution in [0, 0.1) is 6.92 Å². The third-order valence-electron chi connectivity index (χ3n) is 4.99. The molecule has 2 amide bonds. The molecule has 0 fully saturated rings. The highest BCUT2D eigenvalue weighted by atomic mass is 32.1. The van der Waals surface area contributed by atoms with Crippen LogP contribution < -0.4 is 20.9 Å². The second kappa shape index (κ2) is 7.80. The number of thiophene rings is 1. The normalized spacial score (nSPS) is 13.1. The van der Waals surface area contributed by atoms with Crippen LogP contribution in [0.1, 0.15) is 25.6 Å². The smallest absolute Gasteiger partial charge is 0.265 e. The predicted molar refractivity (Wildman–Crippen MR) is 116 cm³/mol. The summed E-state index contributed by atoms with van der Waals surface area (Å²) in [5.74, 6) is -0.713. The van der Waals surface area contributed by atoms with E-state index in [-0.39, 0.29) is 41.7 Å². The van der Waals surface area contributed by atoms with Gasteiger partial charge in [0.25, 0.3) is 17.4 Å². The van der Waals surface area contributed by atoms with Crippen LogP contribution >= 0.6 is 11.3 Å². The van der Waals surface area contributed by atoms with Gasteiger partial charge in [-0.25, -0.2) is 4.98 Å². The molecule has 0 aliphatic carbocycles. The van der Waals surface area contributed by atoms with E-state index in [1.54, 1.807) is 31.2 Å². The number of primary amides is 1. The number of carbonyl (C=O) groups excluding carboxylic acids is 3. The summed E-state index contributed by atoms with van der Waals surface area (Å²) in [6, 6.07) is 4.77. The fourth-order valence-corrected chi connectivity index (χ4v) is 4.45. The minimum atomic E-state index is -0.627. The molecular formula is C21H18N4O5S. The Kier molecular flexibility index (Phi) is 5.15. The molecule has 4 rings (SSSR count). The molecule has 0 spiro atoms. The summed E-state index contributed by atoms with van der Waals surface area (Å²) in [7, 11) is 0. The van der Waals surface area contributed by atoms with Gasteiger partial charge in [-0.2, -0.15) is 0 Å². The Morgan fingerprint density at radius 1 is 1.35 bits per heavy atom. The average molecular weight is 438 g/mol. The van der Waals surface area contributed by atoms with Gasteiger partial charge >= 0.3 is 0 Å². The molecule has 0 radical (unpaired) electrons. The number of aromatic nitrogens is 2. The molecule has 1 aromatic carbocycles. The SMILES string of the molecule is C=CCN1C(=O)COc2ccc(C(=O)Cn3cnc4sc(C(N)=O)c(C)c4c3=O)cc21. The Labute approximate surface area is 180 Å². The van der Waals surface area contributed by atoms with Crippen molar-refractivity contribution in [1.82, 2.24) is 9.55 Å². The van der Waals surface area contributed by atoms with Crippen LogP contribution in [0.25, 0.3) is 10.2 Å². The zero-order chi connectivity index (χ0) is 22.3. The van der Waals surface area contributed by atoms with Crippen LogP contribution in [-0.2, 0) is 11.3 Å². The maximum Gasteiger partial charge on any atom is 0.265 e. The molecule has 0 saturated heterocycles. The molecule has 0 saturated carbocycles. The van der Waals surface area contributed by atoms with Gasteiger partial charge in [0, 0.05) is 12.1 Å². The molecular weight excluding hydrogens is 420 g/mol. The number of Topliss-reactive ketones (excluding diaryl/α,β-unsaturated/α-hetero) is 1. The second-order valence-corrected chi connectivity index (χ2v) is 7.96. The lowest BCUT2D eigenvalue weighted by Gasteiger charge is -2.28. The maximum atomic E-state index is 12.9. The van der Waals surface area contributed by atoms with E-state index >= 15 is 0 Å². The van der Waals surface area contributed by atoms with Gasteiger partial charge in [0.05, 0.1) is 28.8 Å². The molecule has 10 heteroatoms. The number of hydrogen-bond donors (Lipinski definition) is 1. The van der Waals surface area contributed by atoms with Gasteiger partial charge in [-0.15, -0.1) is 17.9 Å². The summed E-state index contributed by atoms with van der Waals surface area (Å²) >= 11 is 1.05. The van der Waals surface area contributed by atoms with Crippen molar-refractivity contribution in [3.05, 3.63) is 63.5 Å². The van der Waals surface area contributed by atoms with E-state index < -0.39 is 11.5 Å². The number of ketones is 1. The standard InChI is InChI=1S/C21H18N4O5S/c1-3-6-25-13-7-12(4-5-15(13)30-9-16(25)27)14(26)8-24-10-23-20-17(21(24)29)11(2)18(31-20)19(22)28/h3-5,7,10H,1,6,8-9H2,2H3,(H2,22,28). The van der Waals surface area contributed by atoms with Crippen molar-refractivity contribution in [2.75, 3.05) is 18.1 Å². The van der Waals surface area contributed by atoms with Crippen molar-refractivity contribution in [3.63, 3.8) is 0 Å². The number of benzene rings is 1. The fourth-order valence-electron chi connectivity index (χ4n) is 3.46. The maximum absolute atomic E-state index is 12.9. The number of nitrogens with zero attached hydrogens (tertiary/aromatic N) is 3. The van der Waals surface area contributed by atoms with Crippen molar-refractivity contribution in [2.24, 2.45) is 5.73 Å². The number of nitrogens with two attached hydrogens (primary N) is 1. The molecule has 158 valence electrons. The predicted octanol–water partition coefficient (Wildman–Crippen LogP) is 1.66. The molecule has 1 aliphatic rings. The third kappa shape index (κ3) is 3.50. The summed E-state index contributed by atoms with van der Waals surface area (Å²) in [6.07, 6.45) is 2.86. The van der Waals surface area contributed by atoms with Crippen molar-refractivity contribution in [3.8, 4) is 5.75 Å². The van der Waals surface area contributed by atoms with E-state index in [2.05, 4.69) is 11.6 Å². The van der Waals surface area contributed by atoms with Crippen LogP contribution in [0.5, 0.6) is 5.75 Å². The average Bonchev–Trinajstić information content (AvgIpc) is 3.09. The van der Waals surface area contributed by atoms with Crippen molar-refractivity contribution in [2.45, 2.75) is 13.5 Å². The van der Waals surface area contributed by atoms with Gasteiger partial charge in [0.2, 0.25) is 0 Å². The molecule has 2 N–H and O–H groups in total. The minimum Gasteiger partial charge on any atom is -0.482 e. The van der Waals surface area contributed by atoms with E-state index in [0.29, 0.717) is 27.4 Å². The lowest BCUT2D eigenvalue weighted by Crippen LogP contribution is -2.39. The number of fused-ring (bicyclic) bond motifs is 2. The monoisotopic (exact) mass is 438 g/mol. The lowest BCUT2D eigenvalue weighted by atomic mass is 10.1. The van der Waals surface area contributed by atoms with Crippen LogP contribution in [0.4, 0.5) is 5.69 Å². The number of rotatable bonds is 6. The molecule has 0 atom stereocenters. The Balaban J connectivity index is 1.68. The highest BCUT2D eigenvalue weighted by Gasteiger charge is 2.26. The largest absolute Gasteiger partial charge is 0.482 e. The van der Waals surface area contributed by atoms with E-state index in [0.717, 1.165) is 11.3 Å². The molecule has 3 heterocycles. The number of hydrogen-bond acceptors (Lipinski definition) is 7. The summed E-state index contributed by atoms with van der Waals surface area (Å²) in [6.45, 7) is 5.23. The Morgan fingerprint density at radius 3 is 2.84 bits per heavy atom. The Morgan fingerprint density at radius 2 is 2.13 bits per heavy atom. The third-order valence-corrected chi connectivity index (χ3v) is 6.20. The molecule has 31 heavy (non-hydrogen) atoms. The first-order valence-corrected chi connectivity index (χ1v) is 10.1. The summed E-state index contributed by atoms with van der Waals surface area (Å²) < 4.78 is 6.62. The van der Waals surface area contributed by atoms with Crippen LogP contribution in [0.3, 0.4) is 0 Å². The summed E-state index contributed by atoms with van der Waals surface area (Å²) in [5, 5.41) is 0.274. The topological polar surface area (TPSA) is 125 Å². The first kappa shape index (κ1) is 20.5. The molecule has 0 unspecified atom stereocenters. The van der Waals surface area contributed by atoms with E-state index in [4.69, 9.17) is 10.5 Å². The zero-order valence-corrected chi connectivity index (χ0v) is 17.4. The van der Waals surface area contributed by atoms with Gasteiger partial charge in [0.1, 0.15) is 10.6 Å². The van der Waals surface area contributed by atoms with Crippen molar-refractivity contribution >= 4 is 44.8 Å². The first-order valence-electron chi connectivity index (χ1n) is 9.31. The van der Waals surface area contributed by atoms with Crippen LogP contribution in [-0.4, -0.2) is 40.3 Å². The number of anilines is 1. The molecule has 2 aromatic heterocycles. The molecule has 3 aromatic rings. The Hall–Kier alpha value is -3.79. The van der Waals surface area contributed by atoms with E-state index in [1.807, 2.05) is 0 Å². The van der Waals surface area contributed by atoms with Crippen LogP contribution in [0.2, 0.25) is 0 Å². The fraction of sp³-hybridized carbons (Fsp3) is 0.190. The second-order valence-electron chi connectivity index (χ2n) is 6.97. The van der Waals surface area contributed by atoms with Crippen molar-refractivity contribution < 1.29 is 19.1 Å². The van der Waals surface area contributed by atoms with Crippen LogP contribution in [0.15, 0.2) is 42.0 Å². The summed E-state index contributed by atoms with van der Waals surface area (Å²) in [4.78, 5) is 55.9.